The Hall–Kier alpha value is -3.52. The Balaban J connectivity index is 1.47. The van der Waals surface area contributed by atoms with Crippen molar-refractivity contribution in [2.75, 3.05) is 32.8 Å². The molecule has 0 aliphatic carbocycles. The number of sulfonamides is 1. The number of carboxylic acid groups (broad SMARTS) is 1. The number of primary amides is 1. The summed E-state index contributed by atoms with van der Waals surface area (Å²) in [5, 5.41) is 10.6. The number of piperidine rings is 1. The van der Waals surface area contributed by atoms with Crippen LogP contribution in [0.3, 0.4) is 0 Å². The van der Waals surface area contributed by atoms with Crippen molar-refractivity contribution in [1.82, 2.24) is 9.21 Å². The fourth-order valence-electron chi connectivity index (χ4n) is 5.66. The van der Waals surface area contributed by atoms with Gasteiger partial charge >= 0.3 is 5.97 Å². The molecule has 5 rings (SSSR count). The Morgan fingerprint density at radius 1 is 0.953 bits per heavy atom. The van der Waals surface area contributed by atoms with Gasteiger partial charge in [-0.1, -0.05) is 22.4 Å². The first-order chi connectivity index (χ1) is 20.5. The lowest BCUT2D eigenvalue weighted by molar-refractivity contribution is -0.155. The van der Waals surface area contributed by atoms with E-state index in [1.165, 1.54) is 61.0 Å². The molecule has 1 unspecified atom stereocenters. The highest BCUT2D eigenvalue weighted by Gasteiger charge is 2.60. The number of nitrogens with zero attached hydrogens (tertiary/aromatic N) is 2. The number of benzene rings is 3. The van der Waals surface area contributed by atoms with Crippen LogP contribution in [0.25, 0.3) is 0 Å². The van der Waals surface area contributed by atoms with E-state index < -0.39 is 33.3 Å². The summed E-state index contributed by atoms with van der Waals surface area (Å²) in [7, 11) is -4.58. The maximum atomic E-state index is 14.0. The number of hydrogen-bond donors (Lipinski definition) is 2. The molecule has 0 saturated carbocycles. The van der Waals surface area contributed by atoms with Gasteiger partial charge in [-0.2, -0.15) is 4.31 Å². The first-order valence-electron chi connectivity index (χ1n) is 13.8. The van der Waals surface area contributed by atoms with E-state index in [2.05, 4.69) is 20.8 Å². The van der Waals surface area contributed by atoms with E-state index in [-0.39, 0.29) is 33.6 Å². The highest BCUT2D eigenvalue weighted by molar-refractivity contribution is 9.10. The minimum atomic E-state index is -4.58. The average Bonchev–Trinajstić information content (AvgIpc) is 2.99. The van der Waals surface area contributed by atoms with Crippen LogP contribution in [0.2, 0.25) is 0 Å². The minimum absolute atomic E-state index is 0.0749. The van der Waals surface area contributed by atoms with Gasteiger partial charge in [-0.3, -0.25) is 9.69 Å². The molecule has 3 aromatic carbocycles. The maximum absolute atomic E-state index is 14.0. The number of ether oxygens (including phenoxy) is 2. The van der Waals surface area contributed by atoms with Gasteiger partial charge in [0.2, 0.25) is 15.6 Å². The van der Waals surface area contributed by atoms with E-state index in [4.69, 9.17) is 15.2 Å². The summed E-state index contributed by atoms with van der Waals surface area (Å²) in [6, 6.07) is 13.7. The molecule has 3 aromatic rings. The smallest absolute Gasteiger partial charge is 0.339 e. The normalized spacial score (nSPS) is 19.4. The number of carbonyl (C=O) groups is 2. The summed E-state index contributed by atoms with van der Waals surface area (Å²) >= 11 is 3.36. The van der Waals surface area contributed by atoms with Gasteiger partial charge in [0, 0.05) is 28.7 Å². The van der Waals surface area contributed by atoms with Gasteiger partial charge in [0.1, 0.15) is 29.7 Å². The molecule has 0 spiro atoms. The zero-order valence-corrected chi connectivity index (χ0v) is 25.6. The summed E-state index contributed by atoms with van der Waals surface area (Å²) in [6.45, 7) is 2.66. The van der Waals surface area contributed by atoms with E-state index >= 15 is 0 Å². The van der Waals surface area contributed by atoms with Crippen molar-refractivity contribution in [2.45, 2.75) is 36.1 Å². The van der Waals surface area contributed by atoms with Crippen molar-refractivity contribution in [3.8, 4) is 17.2 Å². The predicted octanol–water partition coefficient (Wildman–Crippen LogP) is 4.26. The van der Waals surface area contributed by atoms with Crippen molar-refractivity contribution in [3.63, 3.8) is 0 Å². The van der Waals surface area contributed by atoms with Crippen LogP contribution >= 0.6 is 15.9 Å². The van der Waals surface area contributed by atoms with Crippen molar-refractivity contribution >= 4 is 37.8 Å². The molecule has 2 heterocycles. The third kappa shape index (κ3) is 5.99. The lowest BCUT2D eigenvalue weighted by atomic mass is 9.81. The summed E-state index contributed by atoms with van der Waals surface area (Å²) in [4.78, 5) is 28.2. The van der Waals surface area contributed by atoms with Crippen LogP contribution in [-0.2, 0) is 31.6 Å². The number of hydrogen-bond acceptors (Lipinski definition) is 7. The lowest BCUT2D eigenvalue weighted by Gasteiger charge is -2.42. The third-order valence-electron chi connectivity index (χ3n) is 7.76. The number of likely N-dealkylation sites (tertiary alicyclic amines) is 1. The fourth-order valence-corrected chi connectivity index (χ4v) is 8.00. The largest absolute Gasteiger partial charge is 0.492 e. The molecule has 1 atom stereocenters. The quantitative estimate of drug-likeness (QED) is 0.304. The van der Waals surface area contributed by atoms with E-state index in [1.54, 1.807) is 6.07 Å². The van der Waals surface area contributed by atoms with Crippen molar-refractivity contribution < 1.29 is 37.0 Å². The Labute approximate surface area is 257 Å². The Morgan fingerprint density at radius 2 is 1.58 bits per heavy atom. The van der Waals surface area contributed by atoms with E-state index in [9.17, 15) is 27.5 Å². The van der Waals surface area contributed by atoms with E-state index in [0.29, 0.717) is 34.5 Å². The number of aliphatic carboxylic acids is 1. The summed E-state index contributed by atoms with van der Waals surface area (Å²) in [6.07, 6.45) is 3.54. The predicted molar refractivity (Wildman–Crippen MR) is 159 cm³/mol. The average molecular weight is 677 g/mol. The Morgan fingerprint density at radius 3 is 2.19 bits per heavy atom. The molecule has 1 saturated heterocycles. The molecule has 0 radical (unpaired) electrons. The van der Waals surface area contributed by atoms with Gasteiger partial charge < -0.3 is 20.3 Å². The number of halogens is 2. The van der Waals surface area contributed by atoms with Gasteiger partial charge in [0.15, 0.2) is 0 Å². The maximum Gasteiger partial charge on any atom is 0.339 e. The van der Waals surface area contributed by atoms with Gasteiger partial charge in [-0.15, -0.1) is 0 Å². The van der Waals surface area contributed by atoms with E-state index in [1.807, 2.05) is 0 Å². The molecule has 228 valence electrons. The molecular weight excluding hydrogens is 645 g/mol. The molecular formula is C30H31BrFN3O7S. The minimum Gasteiger partial charge on any atom is -0.492 e. The number of carbonyl (C=O) groups excluding carboxylic acids is 1. The highest BCUT2D eigenvalue weighted by atomic mass is 79.9. The third-order valence-corrected chi connectivity index (χ3v) is 10.3. The number of fused-ring (bicyclic) bond motifs is 1. The molecule has 1 fully saturated rings. The zero-order valence-electron chi connectivity index (χ0n) is 23.2. The molecule has 0 aromatic heterocycles. The molecule has 10 nitrogen and oxygen atoms in total. The Bertz CT molecular complexity index is 1600. The van der Waals surface area contributed by atoms with Crippen molar-refractivity contribution in [3.05, 3.63) is 82.1 Å². The van der Waals surface area contributed by atoms with Crippen LogP contribution in [0.1, 0.15) is 30.4 Å². The van der Waals surface area contributed by atoms with Gasteiger partial charge in [-0.05, 0) is 93.0 Å². The second kappa shape index (κ2) is 12.6. The van der Waals surface area contributed by atoms with Crippen LogP contribution < -0.4 is 15.2 Å². The lowest BCUT2D eigenvalue weighted by Crippen LogP contribution is -2.64. The second-order valence-corrected chi connectivity index (χ2v) is 13.1. The molecule has 13 heteroatoms. The molecule has 0 bridgehead atoms. The van der Waals surface area contributed by atoms with Crippen LogP contribution in [0.4, 0.5) is 4.39 Å². The fraction of sp³-hybridized carbons (Fsp3) is 0.333. The summed E-state index contributed by atoms with van der Waals surface area (Å²) < 4.78 is 53.8. The van der Waals surface area contributed by atoms with Crippen LogP contribution in [0, 0.1) is 5.82 Å². The van der Waals surface area contributed by atoms with Gasteiger partial charge in [0.05, 0.1) is 4.90 Å². The first-order valence-corrected chi connectivity index (χ1v) is 16.0. The standard InChI is InChI=1S/C30H31BrFN3O7S/c31-25-12-13-26(41-19-18-34-15-2-1-3-16-34)24-14-17-35(30(27(24)25,28(33)36)29(37)38)43(39,40)23-10-8-22(9-11-23)42-21-6-4-20(32)5-7-21/h4-13H,1-3,14-19H2,(H2,33,36)(H,37,38). The SMILES string of the molecule is NC(=O)C1(C(=O)O)c2c(Br)ccc(OCCN3CCCCC3)c2CCN1S(=O)(=O)c1ccc(Oc2ccc(F)cc2)cc1. The topological polar surface area (TPSA) is 139 Å². The van der Waals surface area contributed by atoms with Crippen LogP contribution in [-0.4, -0.2) is 67.4 Å². The first kappa shape index (κ1) is 30.9. The molecule has 43 heavy (non-hydrogen) atoms. The second-order valence-electron chi connectivity index (χ2n) is 10.4. The summed E-state index contributed by atoms with van der Waals surface area (Å²) in [5.41, 5.74) is 3.36. The van der Waals surface area contributed by atoms with Crippen molar-refractivity contribution in [1.29, 1.82) is 0 Å². The van der Waals surface area contributed by atoms with Crippen LogP contribution in [0.15, 0.2) is 70.0 Å². The monoisotopic (exact) mass is 675 g/mol. The molecule has 1 amide bonds. The van der Waals surface area contributed by atoms with E-state index in [0.717, 1.165) is 25.9 Å². The molecule has 2 aliphatic heterocycles. The Kier molecular flexibility index (Phi) is 9.07. The number of amides is 1. The van der Waals surface area contributed by atoms with Gasteiger partial charge in [-0.25, -0.2) is 17.6 Å². The van der Waals surface area contributed by atoms with Crippen molar-refractivity contribution in [2.24, 2.45) is 5.73 Å². The zero-order chi connectivity index (χ0) is 30.8. The molecule has 2 aliphatic rings. The summed E-state index contributed by atoms with van der Waals surface area (Å²) in [5.74, 6) is -2.54. The number of nitrogens with two attached hydrogens (primary N) is 1. The number of carboxylic acids is 1. The van der Waals surface area contributed by atoms with Gasteiger partial charge in [0.25, 0.3) is 5.91 Å². The molecule has 3 N–H and O–H groups in total. The van der Waals surface area contributed by atoms with Crippen LogP contribution in [0.5, 0.6) is 17.2 Å². The number of rotatable bonds is 10. The highest BCUT2D eigenvalue weighted by Crippen LogP contribution is 2.46.